The molecule has 0 spiro atoms. The molecule has 1 nitrogen and oxygen atoms in total. The Hall–Kier alpha value is -2.58. The van der Waals surface area contributed by atoms with Gasteiger partial charge in [-0.15, -0.1) is 0 Å². The summed E-state index contributed by atoms with van der Waals surface area (Å²) >= 11 is -2.10. The third-order valence-corrected chi connectivity index (χ3v) is 28.7. The Morgan fingerprint density at radius 2 is 1.02 bits per heavy atom. The molecule has 0 bridgehead atoms. The van der Waals surface area contributed by atoms with Gasteiger partial charge in [-0.05, 0) is 11.1 Å². The summed E-state index contributed by atoms with van der Waals surface area (Å²) in [6.45, 7) is 9.58. The van der Waals surface area contributed by atoms with Gasteiger partial charge in [0.25, 0.3) is 0 Å². The van der Waals surface area contributed by atoms with Crippen LogP contribution in [0.1, 0.15) is 47.0 Å². The molecule has 1 fully saturated rings. The summed E-state index contributed by atoms with van der Waals surface area (Å²) in [5.41, 5.74) is 7.34. The van der Waals surface area contributed by atoms with Gasteiger partial charge in [-0.25, -0.2) is 0 Å². The minimum absolute atomic E-state index is 0.629. The van der Waals surface area contributed by atoms with Gasteiger partial charge in [-0.3, -0.25) is 0 Å². The molecule has 0 saturated heterocycles. The zero-order valence-corrected chi connectivity index (χ0v) is 28.0. The van der Waals surface area contributed by atoms with Crippen molar-refractivity contribution >= 4 is 16.3 Å². The van der Waals surface area contributed by atoms with Crippen molar-refractivity contribution in [3.63, 3.8) is 0 Å². The predicted molar refractivity (Wildman–Crippen MR) is 172 cm³/mol. The Bertz CT molecular complexity index is 1350. The molecule has 40 heavy (non-hydrogen) atoms. The number of benzene rings is 4. The van der Waals surface area contributed by atoms with E-state index in [0.29, 0.717) is 5.92 Å². The van der Waals surface area contributed by atoms with Gasteiger partial charge in [0.05, 0.1) is 0 Å². The van der Waals surface area contributed by atoms with E-state index in [0.717, 1.165) is 6.04 Å². The second-order valence-electron chi connectivity index (χ2n) is 11.2. The van der Waals surface area contributed by atoms with E-state index in [-0.39, 0.29) is 0 Å². The fourth-order valence-corrected chi connectivity index (χ4v) is 29.4. The average molecular weight is 620 g/mol. The van der Waals surface area contributed by atoms with Crippen molar-refractivity contribution in [2.75, 3.05) is 0 Å². The number of allylic oxidation sites excluding steroid dienone is 4. The molecule has 0 aliphatic heterocycles. The van der Waals surface area contributed by atoms with Crippen LogP contribution in [-0.4, -0.2) is 12.0 Å². The zero-order chi connectivity index (χ0) is 27.9. The molecule has 6 rings (SSSR count). The molecule has 3 heteroatoms. The van der Waals surface area contributed by atoms with E-state index in [1.165, 1.54) is 30.4 Å². The van der Waals surface area contributed by atoms with Gasteiger partial charge in [0.2, 0.25) is 0 Å². The zero-order valence-electron chi connectivity index (χ0n) is 24.4. The topological polar surface area (TPSA) is 12.0 Å². The van der Waals surface area contributed by atoms with Crippen molar-refractivity contribution in [3.8, 4) is 11.1 Å². The molecule has 0 amide bonds. The van der Waals surface area contributed by atoms with Crippen LogP contribution in [0.2, 0.25) is 0 Å². The molecule has 2 aliphatic rings. The van der Waals surface area contributed by atoms with E-state index in [4.69, 9.17) is 0 Å². The molecule has 1 saturated carbocycles. The van der Waals surface area contributed by atoms with E-state index >= 15 is 0 Å². The third-order valence-electron chi connectivity index (χ3n) is 8.83. The summed E-state index contributed by atoms with van der Waals surface area (Å²) in [6.07, 6.45) is 4.16. The molecule has 203 valence electrons. The van der Waals surface area contributed by atoms with E-state index in [2.05, 4.69) is 140 Å². The first-order valence-corrected chi connectivity index (χ1v) is 23.2. The van der Waals surface area contributed by atoms with Crippen molar-refractivity contribution in [2.45, 2.75) is 53.0 Å². The van der Waals surface area contributed by atoms with Gasteiger partial charge in [0, 0.05) is 0 Å². The van der Waals surface area contributed by atoms with Gasteiger partial charge in [0.15, 0.2) is 0 Å². The van der Waals surface area contributed by atoms with Crippen LogP contribution >= 0.6 is 0 Å². The third kappa shape index (κ3) is 6.65. The van der Waals surface area contributed by atoms with Crippen molar-refractivity contribution in [2.24, 2.45) is 5.92 Å². The molecule has 1 N–H and O–H groups in total. The van der Waals surface area contributed by atoms with Gasteiger partial charge >= 0.3 is 180 Å². The fraction of sp³-hybridized carbons (Fsp3) is 0.243. The average Bonchev–Trinajstić information content (AvgIpc) is 3.18. The molecule has 2 aliphatic carbocycles. The van der Waals surface area contributed by atoms with Gasteiger partial charge in [-0.2, -0.15) is 0 Å². The summed E-state index contributed by atoms with van der Waals surface area (Å²) in [4.78, 5) is 0. The monoisotopic (exact) mass is 618 g/mol. The summed E-state index contributed by atoms with van der Waals surface area (Å²) in [6, 6.07) is 44.5. The Labute approximate surface area is 250 Å². The van der Waals surface area contributed by atoms with Crippen molar-refractivity contribution < 1.29 is 21.2 Å². The molecule has 1 atom stereocenters. The minimum atomic E-state index is -2.10. The van der Waals surface area contributed by atoms with Crippen LogP contribution in [0.3, 0.4) is 0 Å². The first-order chi connectivity index (χ1) is 19.5. The van der Waals surface area contributed by atoms with Crippen LogP contribution in [0.25, 0.3) is 11.1 Å². The van der Waals surface area contributed by atoms with Crippen LogP contribution in [0.4, 0.5) is 0 Å². The Morgan fingerprint density at radius 3 is 1.38 bits per heavy atom. The minimum Gasteiger partial charge on any atom is -0.0622 e. The predicted octanol–water partition coefficient (Wildman–Crippen LogP) is 7.81. The van der Waals surface area contributed by atoms with Gasteiger partial charge in [0.1, 0.15) is 0 Å². The van der Waals surface area contributed by atoms with Crippen LogP contribution in [0.5, 0.6) is 0 Å². The van der Waals surface area contributed by atoms with Gasteiger partial charge in [-0.1, -0.05) is 60.7 Å². The van der Waals surface area contributed by atoms with Crippen molar-refractivity contribution in [1.82, 2.24) is 3.26 Å². The van der Waals surface area contributed by atoms with E-state index < -0.39 is 27.1 Å². The van der Waals surface area contributed by atoms with Crippen LogP contribution < -0.4 is 13.6 Å². The number of nitrogens with one attached hydrogen (secondary N) is 1. The molecule has 0 aromatic heterocycles. The summed E-state index contributed by atoms with van der Waals surface area (Å²) < 4.78 is 6.22. The molecule has 0 heterocycles. The summed E-state index contributed by atoms with van der Waals surface area (Å²) in [5.74, 6) is -0.656. The molecule has 1 unspecified atom stereocenters. The number of hydrogen-bond acceptors (Lipinski definition) is 1. The molecule has 0 radical (unpaired) electrons. The number of hydrogen-bond donors (Lipinski definition) is 1. The standard InChI is InChI=1S/C12H11Si.C12H10.C9H13.C4H8N.Zr/c1-3-7-11(8-4-1)13-12-9-5-2-6-10-12;1-3-7-11(8-4-1)12-9-5-2-6-10-12;1-6-5-7(2)9(4)8(6)3;5-4-2-1-3-4;/h1-10,13H;1-10H;6H,1-4H3;4-5H,1-3H2;/q;;;-1;+1. The Kier molecular flexibility index (Phi) is 10.0. The second-order valence-corrected chi connectivity index (χ2v) is 25.2. The summed E-state index contributed by atoms with van der Waals surface area (Å²) in [7, 11) is 0. The smallest absolute Gasteiger partial charge is 0.0184 e. The van der Waals surface area contributed by atoms with Gasteiger partial charge < -0.3 is 0 Å². The maximum Gasteiger partial charge on any atom is -0.0184 e. The van der Waals surface area contributed by atoms with E-state index in [1.54, 1.807) is 27.1 Å². The van der Waals surface area contributed by atoms with Crippen LogP contribution in [0.15, 0.2) is 141 Å². The van der Waals surface area contributed by atoms with Crippen LogP contribution in [0, 0.1) is 5.92 Å². The molecule has 4 aromatic carbocycles. The maximum absolute atomic E-state index is 4.37. The quantitative estimate of drug-likeness (QED) is 0.208. The number of rotatable bonds is 7. The first kappa shape index (κ1) is 28.9. The maximum atomic E-state index is 4.37. The van der Waals surface area contributed by atoms with E-state index in [9.17, 15) is 0 Å². The Morgan fingerprint density at radius 1 is 0.600 bits per heavy atom. The van der Waals surface area contributed by atoms with Crippen LogP contribution in [-0.2, 0) is 21.2 Å². The Balaban J connectivity index is 0.000000223. The SMILES string of the molecule is CC1=C(C)C(C)[C]([Zr]([NH]C2CCC2)[SiH](c2ccccc2)c2ccccc2)=C1C.c1ccc(-c2ccccc2)cc1. The van der Waals surface area contributed by atoms with Crippen molar-refractivity contribution in [1.29, 1.82) is 0 Å². The molecular formula is C37H42NSiZr. The molecule has 4 aromatic rings. The fourth-order valence-electron chi connectivity index (χ4n) is 5.97. The second kappa shape index (κ2) is 13.9. The molecular weight excluding hydrogens is 578 g/mol. The summed E-state index contributed by atoms with van der Waals surface area (Å²) in [5, 5.41) is 3.26. The van der Waals surface area contributed by atoms with E-state index in [1.807, 2.05) is 15.4 Å². The van der Waals surface area contributed by atoms with Crippen molar-refractivity contribution in [3.05, 3.63) is 141 Å². The largest absolute Gasteiger partial charge is 0.0622 e. The first-order valence-electron chi connectivity index (χ1n) is 14.8. The normalized spacial score (nSPS) is 17.0.